The van der Waals surface area contributed by atoms with Crippen LogP contribution in [0.15, 0.2) is 0 Å². The van der Waals surface area contributed by atoms with E-state index >= 15 is 0 Å². The fourth-order valence-electron chi connectivity index (χ4n) is 4.84. The molecule has 0 unspecified atom stereocenters. The van der Waals surface area contributed by atoms with Crippen LogP contribution >= 0.6 is 0 Å². The Hall–Kier alpha value is 0.314. The number of rotatable bonds is 9. The summed E-state index contributed by atoms with van der Waals surface area (Å²) in [7, 11) is -1.49. The second kappa shape index (κ2) is 9.42. The standard InChI is InChI=1S/C22H49NO2Si2/c1-16(2)27(17(3)4,18(5)6)25-21-14-20(23-10)13-19(21)15-24-26(11,12)22(7,8)9/h16-21,23H,13-15H2,1-12H3/t19-,20-,21+/m1/s1. The molecule has 3 nitrogen and oxygen atoms in total. The summed E-state index contributed by atoms with van der Waals surface area (Å²) in [5.41, 5.74) is 1.90. The zero-order chi connectivity index (χ0) is 21.2. The third-order valence-electron chi connectivity index (χ3n) is 7.57. The van der Waals surface area contributed by atoms with E-state index in [1.54, 1.807) is 0 Å². The van der Waals surface area contributed by atoms with Crippen molar-refractivity contribution in [2.75, 3.05) is 13.7 Å². The van der Waals surface area contributed by atoms with Gasteiger partial charge in [0.05, 0.1) is 6.10 Å². The van der Waals surface area contributed by atoms with E-state index in [0.717, 1.165) is 13.0 Å². The van der Waals surface area contributed by atoms with Crippen LogP contribution < -0.4 is 5.32 Å². The second-order valence-corrected chi connectivity index (χ2v) is 21.5. The van der Waals surface area contributed by atoms with Crippen LogP contribution in [0.25, 0.3) is 0 Å². The Morgan fingerprint density at radius 2 is 1.41 bits per heavy atom. The number of hydrogen-bond acceptors (Lipinski definition) is 3. The second-order valence-electron chi connectivity index (χ2n) is 11.3. The summed E-state index contributed by atoms with van der Waals surface area (Å²) in [6.45, 7) is 26.9. The summed E-state index contributed by atoms with van der Waals surface area (Å²) in [6.07, 6.45) is 2.64. The first-order chi connectivity index (χ1) is 12.2. The summed E-state index contributed by atoms with van der Waals surface area (Å²) in [5.74, 6) is 0.514. The van der Waals surface area contributed by atoms with Gasteiger partial charge in [-0.2, -0.15) is 0 Å². The van der Waals surface area contributed by atoms with E-state index < -0.39 is 16.6 Å². The van der Waals surface area contributed by atoms with Crippen LogP contribution in [0.1, 0.15) is 75.2 Å². The molecule has 1 aliphatic rings. The lowest BCUT2D eigenvalue weighted by Gasteiger charge is -2.45. The third kappa shape index (κ3) is 5.68. The molecule has 1 N–H and O–H groups in total. The molecule has 1 fully saturated rings. The molecule has 0 amide bonds. The van der Waals surface area contributed by atoms with E-state index in [1.165, 1.54) is 6.42 Å². The molecule has 3 atom stereocenters. The highest BCUT2D eigenvalue weighted by molar-refractivity contribution is 6.77. The highest BCUT2D eigenvalue weighted by atomic mass is 28.4. The highest BCUT2D eigenvalue weighted by Gasteiger charge is 2.49. The van der Waals surface area contributed by atoms with E-state index in [0.29, 0.717) is 34.7 Å². The summed E-state index contributed by atoms with van der Waals surface area (Å²) in [4.78, 5) is 0. The van der Waals surface area contributed by atoms with Gasteiger partial charge in [0.2, 0.25) is 8.32 Å². The van der Waals surface area contributed by atoms with Crippen molar-refractivity contribution < 1.29 is 8.85 Å². The summed E-state index contributed by atoms with van der Waals surface area (Å²) in [5, 5.41) is 3.78. The van der Waals surface area contributed by atoms with Crippen LogP contribution in [0.3, 0.4) is 0 Å². The molecule has 0 radical (unpaired) electrons. The fraction of sp³-hybridized carbons (Fsp3) is 1.00. The molecule has 1 aliphatic carbocycles. The summed E-state index contributed by atoms with van der Waals surface area (Å²) < 4.78 is 13.9. The van der Waals surface area contributed by atoms with Gasteiger partial charge < -0.3 is 14.2 Å². The molecular weight excluding hydrogens is 366 g/mol. The minimum absolute atomic E-state index is 0.261. The Kier molecular flexibility index (Phi) is 8.84. The zero-order valence-electron chi connectivity index (χ0n) is 20.4. The lowest BCUT2D eigenvalue weighted by atomic mass is 10.1. The lowest BCUT2D eigenvalue weighted by Crippen LogP contribution is -2.51. The highest BCUT2D eigenvalue weighted by Crippen LogP contribution is 2.46. The third-order valence-corrected chi connectivity index (χ3v) is 18.2. The fourth-order valence-corrected chi connectivity index (χ4v) is 11.5. The van der Waals surface area contributed by atoms with Gasteiger partial charge in [0.1, 0.15) is 0 Å². The molecular formula is C22H49NO2Si2. The molecule has 0 aromatic rings. The maximum atomic E-state index is 7.21. The average Bonchev–Trinajstić information content (AvgIpc) is 2.90. The Morgan fingerprint density at radius 1 is 0.926 bits per heavy atom. The Balaban J connectivity index is 3.01. The van der Waals surface area contributed by atoms with Crippen LogP contribution in [0.4, 0.5) is 0 Å². The van der Waals surface area contributed by atoms with Gasteiger partial charge in [-0.05, 0) is 54.6 Å². The zero-order valence-corrected chi connectivity index (χ0v) is 22.4. The first-order valence-electron chi connectivity index (χ1n) is 11.2. The predicted octanol–water partition coefficient (Wildman–Crippen LogP) is 6.57. The van der Waals surface area contributed by atoms with Gasteiger partial charge in [0.15, 0.2) is 8.32 Å². The first kappa shape index (κ1) is 25.4. The Bertz CT molecular complexity index is 436. The van der Waals surface area contributed by atoms with E-state index in [4.69, 9.17) is 8.85 Å². The van der Waals surface area contributed by atoms with Gasteiger partial charge >= 0.3 is 0 Å². The summed E-state index contributed by atoms with van der Waals surface area (Å²) in [6, 6.07) is 0.557. The van der Waals surface area contributed by atoms with E-state index in [-0.39, 0.29) is 5.04 Å². The predicted molar refractivity (Wildman–Crippen MR) is 125 cm³/mol. The Morgan fingerprint density at radius 3 is 1.78 bits per heavy atom. The first-order valence-corrected chi connectivity index (χ1v) is 16.2. The van der Waals surface area contributed by atoms with E-state index in [1.807, 2.05) is 0 Å². The van der Waals surface area contributed by atoms with Crippen molar-refractivity contribution in [1.82, 2.24) is 5.32 Å². The van der Waals surface area contributed by atoms with E-state index in [9.17, 15) is 0 Å². The van der Waals surface area contributed by atoms with E-state index in [2.05, 4.69) is 87.8 Å². The number of hydrogen-bond donors (Lipinski definition) is 1. The van der Waals surface area contributed by atoms with Gasteiger partial charge in [-0.25, -0.2) is 0 Å². The SMILES string of the molecule is CN[C@@H]1C[C@H](CO[Si](C)(C)C(C)(C)C)[C@@H](O[Si](C(C)C)(C(C)C)C(C)C)C1. The van der Waals surface area contributed by atoms with Crippen molar-refractivity contribution in [3.8, 4) is 0 Å². The largest absolute Gasteiger partial charge is 0.416 e. The van der Waals surface area contributed by atoms with Crippen molar-refractivity contribution in [3.05, 3.63) is 0 Å². The lowest BCUT2D eigenvalue weighted by molar-refractivity contribution is 0.0970. The molecule has 162 valence electrons. The molecule has 5 heteroatoms. The molecule has 0 spiro atoms. The average molecular weight is 416 g/mol. The van der Waals surface area contributed by atoms with Gasteiger partial charge in [-0.15, -0.1) is 0 Å². The molecule has 0 aliphatic heterocycles. The molecule has 0 heterocycles. The summed E-state index contributed by atoms with van der Waals surface area (Å²) >= 11 is 0. The van der Waals surface area contributed by atoms with Crippen molar-refractivity contribution in [2.45, 2.75) is 122 Å². The minimum atomic E-state index is -1.86. The van der Waals surface area contributed by atoms with Gasteiger partial charge in [0.25, 0.3) is 0 Å². The van der Waals surface area contributed by atoms with Gasteiger partial charge in [-0.3, -0.25) is 0 Å². The minimum Gasteiger partial charge on any atom is -0.416 e. The van der Waals surface area contributed by atoms with Crippen LogP contribution in [-0.2, 0) is 8.85 Å². The molecule has 0 bridgehead atoms. The smallest absolute Gasteiger partial charge is 0.200 e. The maximum Gasteiger partial charge on any atom is 0.200 e. The van der Waals surface area contributed by atoms with Crippen molar-refractivity contribution in [2.24, 2.45) is 5.92 Å². The van der Waals surface area contributed by atoms with Crippen LogP contribution in [0, 0.1) is 5.92 Å². The normalized spacial score (nSPS) is 25.2. The van der Waals surface area contributed by atoms with Gasteiger partial charge in [0, 0.05) is 18.6 Å². The molecule has 27 heavy (non-hydrogen) atoms. The molecule has 0 saturated heterocycles. The monoisotopic (exact) mass is 415 g/mol. The van der Waals surface area contributed by atoms with Crippen molar-refractivity contribution >= 4 is 16.6 Å². The quantitative estimate of drug-likeness (QED) is 0.432. The van der Waals surface area contributed by atoms with Gasteiger partial charge in [-0.1, -0.05) is 62.3 Å². The van der Waals surface area contributed by atoms with Crippen LogP contribution in [0.2, 0.25) is 34.8 Å². The van der Waals surface area contributed by atoms with Crippen LogP contribution in [0.5, 0.6) is 0 Å². The maximum absolute atomic E-state index is 7.21. The van der Waals surface area contributed by atoms with Crippen molar-refractivity contribution in [3.63, 3.8) is 0 Å². The Labute approximate surface area is 172 Å². The molecule has 0 aromatic heterocycles. The molecule has 0 aromatic carbocycles. The topological polar surface area (TPSA) is 30.5 Å². The van der Waals surface area contributed by atoms with Crippen molar-refractivity contribution in [1.29, 1.82) is 0 Å². The van der Waals surface area contributed by atoms with Crippen LogP contribution in [-0.4, -0.2) is 42.4 Å². The number of nitrogens with one attached hydrogen (secondary N) is 1. The molecule has 1 saturated carbocycles. The molecule has 1 rings (SSSR count).